The molecule has 1 aromatic heterocycles. The van der Waals surface area contributed by atoms with Gasteiger partial charge in [0.1, 0.15) is 23.0 Å². The number of unbranched alkanes of at least 4 members (excludes halogenated alkanes) is 1. The Morgan fingerprint density at radius 3 is 2.61 bits per heavy atom. The Bertz CT molecular complexity index is 1760. The predicted octanol–water partition coefficient (Wildman–Crippen LogP) is 4.32. The fraction of sp³-hybridized carbons (Fsp3) is 0.353. The van der Waals surface area contributed by atoms with Gasteiger partial charge >= 0.3 is 0 Å². The van der Waals surface area contributed by atoms with Crippen LogP contribution in [0.1, 0.15) is 45.5 Å². The minimum Gasteiger partial charge on any atom is -0.495 e. The first kappa shape index (κ1) is 32.2. The van der Waals surface area contributed by atoms with Crippen molar-refractivity contribution in [2.24, 2.45) is 0 Å². The second-order valence-corrected chi connectivity index (χ2v) is 11.4. The molecule has 0 aliphatic carbocycles. The Morgan fingerprint density at radius 2 is 1.85 bits per heavy atom. The minimum atomic E-state index is -0.381. The third kappa shape index (κ3) is 7.36. The highest BCUT2D eigenvalue weighted by Gasteiger charge is 2.21. The van der Waals surface area contributed by atoms with Crippen LogP contribution in [0.2, 0.25) is 0 Å². The zero-order valence-corrected chi connectivity index (χ0v) is 26.6. The van der Waals surface area contributed by atoms with E-state index in [2.05, 4.69) is 43.5 Å². The number of nitrogens with zero attached hydrogens (tertiary/aromatic N) is 5. The van der Waals surface area contributed by atoms with Crippen LogP contribution < -0.4 is 19.7 Å². The van der Waals surface area contributed by atoms with Crippen LogP contribution in [0.4, 0.5) is 11.4 Å². The quantitative estimate of drug-likeness (QED) is 0.175. The molecule has 0 spiro atoms. The monoisotopic (exact) mass is 625 g/mol. The molecule has 1 aliphatic heterocycles. The SMILES string of the molecule is COc1cc(C(=O)N(C)c2ccc(C)cc2OCCCCC(=C=O)N2CCN(C)CC2)ccc1NC(=O)c1cccc2[nH]nnc12. The molecule has 0 radical (unpaired) electrons. The Hall–Kier alpha value is -5.19. The molecule has 2 N–H and O–H groups in total. The molecule has 1 fully saturated rings. The van der Waals surface area contributed by atoms with E-state index < -0.39 is 0 Å². The highest BCUT2D eigenvalue weighted by atomic mass is 16.5. The van der Waals surface area contributed by atoms with Gasteiger partial charge in [-0.15, -0.1) is 5.10 Å². The van der Waals surface area contributed by atoms with Gasteiger partial charge < -0.3 is 29.5 Å². The van der Waals surface area contributed by atoms with Gasteiger partial charge in [-0.3, -0.25) is 14.7 Å². The molecule has 0 atom stereocenters. The topological polar surface area (TPSA) is 133 Å². The summed E-state index contributed by atoms with van der Waals surface area (Å²) >= 11 is 0. The first-order valence-electron chi connectivity index (χ1n) is 15.3. The number of aryl methyl sites for hydroxylation is 1. The third-order valence-corrected chi connectivity index (χ3v) is 8.15. The Balaban J connectivity index is 1.22. The summed E-state index contributed by atoms with van der Waals surface area (Å²) < 4.78 is 11.7. The number of anilines is 2. The van der Waals surface area contributed by atoms with Gasteiger partial charge in [0.15, 0.2) is 0 Å². The Kier molecular flexibility index (Phi) is 10.3. The fourth-order valence-corrected chi connectivity index (χ4v) is 5.41. The highest BCUT2D eigenvalue weighted by molar-refractivity contribution is 6.12. The van der Waals surface area contributed by atoms with Crippen molar-refractivity contribution in [3.63, 3.8) is 0 Å². The molecular weight excluding hydrogens is 586 g/mol. The van der Waals surface area contributed by atoms with Crippen molar-refractivity contribution in [1.29, 1.82) is 0 Å². The molecule has 46 heavy (non-hydrogen) atoms. The minimum absolute atomic E-state index is 0.273. The number of H-pyrrole nitrogens is 1. The zero-order valence-electron chi connectivity index (χ0n) is 26.6. The van der Waals surface area contributed by atoms with E-state index in [0.29, 0.717) is 58.1 Å². The number of aromatic nitrogens is 3. The van der Waals surface area contributed by atoms with Crippen molar-refractivity contribution in [3.05, 3.63) is 77.0 Å². The number of piperazine rings is 1. The van der Waals surface area contributed by atoms with E-state index in [4.69, 9.17) is 9.47 Å². The average molecular weight is 626 g/mol. The molecule has 2 amide bonds. The number of carbonyl (C=O) groups excluding carboxylic acids is 3. The molecular formula is C34H39N7O5. The fourth-order valence-electron chi connectivity index (χ4n) is 5.41. The van der Waals surface area contributed by atoms with Crippen molar-refractivity contribution in [2.75, 3.05) is 64.2 Å². The van der Waals surface area contributed by atoms with E-state index in [1.807, 2.05) is 25.1 Å². The summed E-state index contributed by atoms with van der Waals surface area (Å²) in [5, 5.41) is 13.4. The van der Waals surface area contributed by atoms with Gasteiger partial charge in [-0.2, -0.15) is 0 Å². The van der Waals surface area contributed by atoms with Gasteiger partial charge in [0, 0.05) is 38.8 Å². The van der Waals surface area contributed by atoms with E-state index in [0.717, 1.165) is 50.3 Å². The number of allylic oxidation sites excluding steroid dienone is 1. The lowest BCUT2D eigenvalue weighted by atomic mass is 10.1. The standard InChI is InChI=1S/C34H39N7O5/c1-23-11-14-29(31(20-23)46-19-6-5-8-25(22-42)41-17-15-39(2)16-18-41)40(3)34(44)24-12-13-27(30(21-24)45-4)35-33(43)26-9-7-10-28-32(26)37-38-36-28/h7,9-14,20-21H,5-6,8,15-19H2,1-4H3,(H,35,43)(H,36,37,38). The van der Waals surface area contributed by atoms with Crippen LogP contribution in [-0.2, 0) is 4.79 Å². The number of methoxy groups -OCH3 is 1. The van der Waals surface area contributed by atoms with E-state index in [9.17, 15) is 14.4 Å². The van der Waals surface area contributed by atoms with Crippen LogP contribution >= 0.6 is 0 Å². The van der Waals surface area contributed by atoms with Crippen molar-refractivity contribution in [2.45, 2.75) is 26.2 Å². The van der Waals surface area contributed by atoms with Crippen molar-refractivity contribution >= 4 is 40.2 Å². The lowest BCUT2D eigenvalue weighted by Gasteiger charge is -2.34. The lowest BCUT2D eigenvalue weighted by Crippen LogP contribution is -2.44. The maximum Gasteiger partial charge on any atom is 0.258 e. The van der Waals surface area contributed by atoms with Crippen LogP contribution in [-0.4, -0.2) is 97.0 Å². The summed E-state index contributed by atoms with van der Waals surface area (Å²) in [5.74, 6) is 2.42. The Morgan fingerprint density at radius 1 is 1.04 bits per heavy atom. The van der Waals surface area contributed by atoms with Crippen LogP contribution in [0.5, 0.6) is 11.5 Å². The molecule has 1 saturated heterocycles. The number of aromatic amines is 1. The molecule has 5 rings (SSSR count). The molecule has 2 heterocycles. The number of nitrogens with one attached hydrogen (secondary N) is 2. The summed E-state index contributed by atoms with van der Waals surface area (Å²) in [7, 11) is 5.26. The van der Waals surface area contributed by atoms with Crippen LogP contribution in [0.25, 0.3) is 11.0 Å². The lowest BCUT2D eigenvalue weighted by molar-refractivity contribution is 0.0990. The van der Waals surface area contributed by atoms with Gasteiger partial charge in [-0.1, -0.05) is 17.3 Å². The first-order chi connectivity index (χ1) is 22.3. The molecule has 12 heteroatoms. The number of rotatable bonds is 12. The van der Waals surface area contributed by atoms with E-state index >= 15 is 0 Å². The zero-order chi connectivity index (χ0) is 32.6. The summed E-state index contributed by atoms with van der Waals surface area (Å²) in [6.45, 7) is 5.97. The first-order valence-corrected chi connectivity index (χ1v) is 15.3. The normalized spacial score (nSPS) is 13.3. The summed E-state index contributed by atoms with van der Waals surface area (Å²) in [6, 6.07) is 15.8. The molecule has 1 aliphatic rings. The number of likely N-dealkylation sites (N-methyl/N-ethyl adjacent to an activating group) is 1. The molecule has 12 nitrogen and oxygen atoms in total. The van der Waals surface area contributed by atoms with Crippen LogP contribution in [0.15, 0.2) is 60.3 Å². The van der Waals surface area contributed by atoms with E-state index in [1.54, 1.807) is 43.4 Å². The largest absolute Gasteiger partial charge is 0.495 e. The maximum absolute atomic E-state index is 13.6. The van der Waals surface area contributed by atoms with Crippen molar-refractivity contribution < 1.29 is 23.9 Å². The average Bonchev–Trinajstić information content (AvgIpc) is 3.56. The Labute approximate surface area is 267 Å². The summed E-state index contributed by atoms with van der Waals surface area (Å²) in [6.07, 6.45) is 2.20. The number of hydrogen-bond acceptors (Lipinski definition) is 9. The number of ether oxygens (including phenoxy) is 2. The summed E-state index contributed by atoms with van der Waals surface area (Å²) in [5.41, 5.74) is 4.60. The molecule has 3 aromatic carbocycles. The summed E-state index contributed by atoms with van der Waals surface area (Å²) in [4.78, 5) is 44.2. The van der Waals surface area contributed by atoms with Crippen molar-refractivity contribution in [3.8, 4) is 11.5 Å². The highest BCUT2D eigenvalue weighted by Crippen LogP contribution is 2.32. The predicted molar refractivity (Wildman–Crippen MR) is 176 cm³/mol. The number of hydrogen-bond donors (Lipinski definition) is 2. The van der Waals surface area contributed by atoms with E-state index in [1.165, 1.54) is 12.0 Å². The molecule has 240 valence electrons. The maximum atomic E-state index is 13.6. The van der Waals surface area contributed by atoms with Crippen LogP contribution in [0.3, 0.4) is 0 Å². The molecule has 0 unspecified atom stereocenters. The van der Waals surface area contributed by atoms with Gasteiger partial charge in [0.25, 0.3) is 11.8 Å². The number of carbonyl (C=O) groups is 2. The van der Waals surface area contributed by atoms with Crippen molar-refractivity contribution in [1.82, 2.24) is 25.2 Å². The number of benzene rings is 3. The second kappa shape index (κ2) is 14.7. The van der Waals surface area contributed by atoms with Gasteiger partial charge in [0.05, 0.1) is 41.9 Å². The van der Waals surface area contributed by atoms with E-state index in [-0.39, 0.29) is 11.8 Å². The van der Waals surface area contributed by atoms with Gasteiger partial charge in [0.2, 0.25) is 0 Å². The second-order valence-electron chi connectivity index (χ2n) is 11.4. The van der Waals surface area contributed by atoms with Gasteiger partial charge in [-0.05, 0) is 81.3 Å². The molecule has 0 saturated carbocycles. The number of fused-ring (bicyclic) bond motifs is 1. The third-order valence-electron chi connectivity index (χ3n) is 8.15. The van der Waals surface area contributed by atoms with Gasteiger partial charge in [-0.25, -0.2) is 4.79 Å². The number of amides is 2. The van der Waals surface area contributed by atoms with Crippen LogP contribution in [0, 0.1) is 6.92 Å². The molecule has 0 bridgehead atoms. The smallest absolute Gasteiger partial charge is 0.258 e. The molecule has 4 aromatic rings.